The zero-order chi connectivity index (χ0) is 13.3. The first-order chi connectivity index (χ1) is 9.24. The molecule has 0 bridgehead atoms. The van der Waals surface area contributed by atoms with Crippen LogP contribution in [0.4, 0.5) is 0 Å². The molecule has 3 N–H and O–H groups in total. The third-order valence-corrected chi connectivity index (χ3v) is 3.76. The Hall–Kier alpha value is -2.01. The Morgan fingerprint density at radius 1 is 1.32 bits per heavy atom. The summed E-state index contributed by atoms with van der Waals surface area (Å²) in [5.74, 6) is -0.106. The fourth-order valence-corrected chi connectivity index (χ4v) is 2.17. The molecule has 1 heterocycles. The van der Waals surface area contributed by atoms with Gasteiger partial charge >= 0.3 is 0 Å². The first-order valence-corrected chi connectivity index (χ1v) is 6.42. The van der Waals surface area contributed by atoms with Crippen molar-refractivity contribution in [2.45, 2.75) is 12.8 Å². The summed E-state index contributed by atoms with van der Waals surface area (Å²) in [6.07, 6.45) is 5.41. The fourth-order valence-electron chi connectivity index (χ4n) is 2.17. The van der Waals surface area contributed by atoms with Crippen molar-refractivity contribution >= 4 is 16.9 Å². The lowest BCUT2D eigenvalue weighted by molar-refractivity contribution is 0.0947. The third-order valence-electron chi connectivity index (χ3n) is 3.76. The molecule has 1 aromatic carbocycles. The normalized spacial score (nSPS) is 16.3. The maximum Gasteiger partial charge on any atom is 0.253 e. The standard InChI is InChI=1S/C14H16N4O/c15-8-14(4-5-14)9-18-13(19)10-2-1-3-11-12(10)17-7-6-16-11/h1-3,6-7H,4-5,8-9,15H2,(H,18,19). The van der Waals surface area contributed by atoms with Crippen LogP contribution in [0.1, 0.15) is 23.2 Å². The van der Waals surface area contributed by atoms with Crippen LogP contribution in [0.2, 0.25) is 0 Å². The lowest BCUT2D eigenvalue weighted by Gasteiger charge is -2.13. The van der Waals surface area contributed by atoms with Crippen molar-refractivity contribution in [2.24, 2.45) is 11.1 Å². The van der Waals surface area contributed by atoms with E-state index in [1.54, 1.807) is 18.5 Å². The fraction of sp³-hybridized carbons (Fsp3) is 0.357. The molecule has 98 valence electrons. The summed E-state index contributed by atoms with van der Waals surface area (Å²) in [6, 6.07) is 5.44. The molecular weight excluding hydrogens is 240 g/mol. The highest BCUT2D eigenvalue weighted by atomic mass is 16.1. The zero-order valence-corrected chi connectivity index (χ0v) is 10.6. The lowest BCUT2D eigenvalue weighted by atomic mass is 10.1. The number of carbonyl (C=O) groups is 1. The molecule has 5 nitrogen and oxygen atoms in total. The molecule has 2 aromatic rings. The van der Waals surface area contributed by atoms with Gasteiger partial charge in [0.25, 0.3) is 5.91 Å². The molecule has 1 saturated carbocycles. The number of nitrogens with zero attached hydrogens (tertiary/aromatic N) is 2. The van der Waals surface area contributed by atoms with Crippen molar-refractivity contribution in [3.63, 3.8) is 0 Å². The highest BCUT2D eigenvalue weighted by Crippen LogP contribution is 2.43. The van der Waals surface area contributed by atoms with E-state index in [-0.39, 0.29) is 11.3 Å². The Balaban J connectivity index is 1.82. The average molecular weight is 256 g/mol. The number of hydrogen-bond acceptors (Lipinski definition) is 4. The number of nitrogens with two attached hydrogens (primary N) is 1. The Kier molecular flexibility index (Phi) is 2.91. The van der Waals surface area contributed by atoms with Gasteiger partial charge in [0.15, 0.2) is 0 Å². The monoisotopic (exact) mass is 256 g/mol. The van der Waals surface area contributed by atoms with Gasteiger partial charge in [0, 0.05) is 24.4 Å². The molecule has 1 fully saturated rings. The maximum atomic E-state index is 12.2. The lowest BCUT2D eigenvalue weighted by Crippen LogP contribution is -2.34. The molecule has 0 aliphatic heterocycles. The van der Waals surface area contributed by atoms with Gasteiger partial charge in [-0.3, -0.25) is 14.8 Å². The topological polar surface area (TPSA) is 80.9 Å². The van der Waals surface area contributed by atoms with Gasteiger partial charge < -0.3 is 11.1 Å². The molecule has 19 heavy (non-hydrogen) atoms. The Bertz CT molecular complexity index is 616. The predicted molar refractivity (Wildman–Crippen MR) is 72.6 cm³/mol. The van der Waals surface area contributed by atoms with Crippen LogP contribution in [0, 0.1) is 5.41 Å². The summed E-state index contributed by atoms with van der Waals surface area (Å²) in [5.41, 5.74) is 7.78. The van der Waals surface area contributed by atoms with Gasteiger partial charge in [0.1, 0.15) is 5.52 Å². The zero-order valence-electron chi connectivity index (χ0n) is 10.6. The largest absolute Gasteiger partial charge is 0.351 e. The van der Waals surface area contributed by atoms with Crippen LogP contribution in [0.3, 0.4) is 0 Å². The van der Waals surface area contributed by atoms with Crippen LogP contribution in [0.15, 0.2) is 30.6 Å². The summed E-state index contributed by atoms with van der Waals surface area (Å²) in [6.45, 7) is 1.27. The van der Waals surface area contributed by atoms with Crippen LogP contribution in [0.25, 0.3) is 11.0 Å². The van der Waals surface area contributed by atoms with Crippen LogP contribution in [-0.4, -0.2) is 29.0 Å². The van der Waals surface area contributed by atoms with Gasteiger partial charge in [-0.05, 0) is 31.5 Å². The minimum absolute atomic E-state index is 0.106. The second-order valence-electron chi connectivity index (χ2n) is 5.12. The number of carbonyl (C=O) groups excluding carboxylic acids is 1. The second-order valence-corrected chi connectivity index (χ2v) is 5.12. The van der Waals surface area contributed by atoms with E-state index in [1.807, 2.05) is 12.1 Å². The van der Waals surface area contributed by atoms with E-state index in [2.05, 4.69) is 15.3 Å². The number of rotatable bonds is 4. The van der Waals surface area contributed by atoms with E-state index in [9.17, 15) is 4.79 Å². The number of hydrogen-bond donors (Lipinski definition) is 2. The van der Waals surface area contributed by atoms with Gasteiger partial charge in [-0.15, -0.1) is 0 Å². The number of nitrogens with one attached hydrogen (secondary N) is 1. The van der Waals surface area contributed by atoms with E-state index in [4.69, 9.17) is 5.73 Å². The number of benzene rings is 1. The summed E-state index contributed by atoms with van der Waals surface area (Å²) in [4.78, 5) is 20.7. The molecule has 0 atom stereocenters. The molecule has 5 heteroatoms. The average Bonchev–Trinajstić information content (AvgIpc) is 3.25. The molecule has 0 radical (unpaired) electrons. The maximum absolute atomic E-state index is 12.2. The van der Waals surface area contributed by atoms with Gasteiger partial charge in [0.2, 0.25) is 0 Å². The Morgan fingerprint density at radius 2 is 2.11 bits per heavy atom. The molecular formula is C14H16N4O. The molecule has 0 spiro atoms. The van der Waals surface area contributed by atoms with Gasteiger partial charge in [-0.25, -0.2) is 0 Å². The number of aromatic nitrogens is 2. The second kappa shape index (κ2) is 4.59. The smallest absolute Gasteiger partial charge is 0.253 e. The molecule has 1 amide bonds. The van der Waals surface area contributed by atoms with E-state index >= 15 is 0 Å². The molecule has 0 saturated heterocycles. The van der Waals surface area contributed by atoms with Gasteiger partial charge in [-0.2, -0.15) is 0 Å². The van der Waals surface area contributed by atoms with E-state index in [0.717, 1.165) is 18.4 Å². The molecule has 1 aromatic heterocycles. The minimum Gasteiger partial charge on any atom is -0.351 e. The summed E-state index contributed by atoms with van der Waals surface area (Å²) in [5, 5.41) is 2.96. The van der Waals surface area contributed by atoms with Crippen molar-refractivity contribution in [2.75, 3.05) is 13.1 Å². The first kappa shape index (κ1) is 12.0. The molecule has 0 unspecified atom stereocenters. The Morgan fingerprint density at radius 3 is 2.84 bits per heavy atom. The van der Waals surface area contributed by atoms with Crippen molar-refractivity contribution in [3.05, 3.63) is 36.2 Å². The van der Waals surface area contributed by atoms with Crippen LogP contribution in [-0.2, 0) is 0 Å². The van der Waals surface area contributed by atoms with Crippen molar-refractivity contribution in [1.82, 2.24) is 15.3 Å². The van der Waals surface area contributed by atoms with Crippen molar-refractivity contribution in [1.29, 1.82) is 0 Å². The quantitative estimate of drug-likeness (QED) is 0.858. The molecule has 3 rings (SSSR count). The number of amides is 1. The van der Waals surface area contributed by atoms with Crippen molar-refractivity contribution in [3.8, 4) is 0 Å². The summed E-state index contributed by atoms with van der Waals surface area (Å²) >= 11 is 0. The van der Waals surface area contributed by atoms with Gasteiger partial charge in [0.05, 0.1) is 11.1 Å². The Labute approximate surface area is 111 Å². The van der Waals surface area contributed by atoms with Gasteiger partial charge in [-0.1, -0.05) is 6.07 Å². The van der Waals surface area contributed by atoms with Crippen LogP contribution < -0.4 is 11.1 Å². The number of para-hydroxylation sites is 1. The molecule has 1 aliphatic carbocycles. The summed E-state index contributed by atoms with van der Waals surface area (Å²) in [7, 11) is 0. The van der Waals surface area contributed by atoms with E-state index in [1.165, 1.54) is 0 Å². The highest BCUT2D eigenvalue weighted by molar-refractivity contribution is 6.04. The van der Waals surface area contributed by atoms with E-state index < -0.39 is 0 Å². The highest BCUT2D eigenvalue weighted by Gasteiger charge is 2.41. The SMILES string of the molecule is NCC1(CNC(=O)c2cccc3nccnc23)CC1. The van der Waals surface area contributed by atoms with E-state index in [0.29, 0.717) is 24.2 Å². The van der Waals surface area contributed by atoms with Crippen LogP contribution in [0.5, 0.6) is 0 Å². The molecule has 1 aliphatic rings. The third kappa shape index (κ3) is 2.29. The van der Waals surface area contributed by atoms with Crippen molar-refractivity contribution < 1.29 is 4.79 Å². The summed E-state index contributed by atoms with van der Waals surface area (Å²) < 4.78 is 0. The number of fused-ring (bicyclic) bond motifs is 1. The minimum atomic E-state index is -0.106. The first-order valence-electron chi connectivity index (χ1n) is 6.42. The predicted octanol–water partition coefficient (Wildman–Crippen LogP) is 1.10. The van der Waals surface area contributed by atoms with Crippen LogP contribution >= 0.6 is 0 Å².